The van der Waals surface area contributed by atoms with Crippen LogP contribution < -0.4 is 36.1 Å². The molecule has 0 spiro atoms. The van der Waals surface area contributed by atoms with Crippen molar-refractivity contribution in [1.29, 1.82) is 0 Å². The van der Waals surface area contributed by atoms with Crippen LogP contribution in [0.15, 0.2) is 95.4 Å². The summed E-state index contributed by atoms with van der Waals surface area (Å²) in [4.78, 5) is 25.5. The second-order valence-electron chi connectivity index (χ2n) is 8.72. The van der Waals surface area contributed by atoms with Crippen molar-refractivity contribution in [3.05, 3.63) is 102 Å². The average molecular weight is 589 g/mol. The van der Waals surface area contributed by atoms with E-state index in [1.807, 2.05) is 0 Å². The number of esters is 2. The van der Waals surface area contributed by atoms with Gasteiger partial charge < -0.3 is 41.2 Å². The lowest BCUT2D eigenvalue weighted by Gasteiger charge is -2.14. The molecule has 0 atom stereocenters. The Labute approximate surface area is 247 Å². The first kappa shape index (κ1) is 29.7. The van der Waals surface area contributed by atoms with Gasteiger partial charge in [-0.05, 0) is 24.3 Å². The van der Waals surface area contributed by atoms with Gasteiger partial charge in [-0.2, -0.15) is 0 Å². The maximum absolute atomic E-state index is 12.8. The number of carbonyl (C=O) groups excluding carboxylic acids is 2. The minimum absolute atomic E-state index is 0. The molecule has 0 aliphatic rings. The van der Waals surface area contributed by atoms with Crippen LogP contribution in [0.4, 0.5) is 0 Å². The van der Waals surface area contributed by atoms with Crippen LogP contribution in [0.3, 0.4) is 0 Å². The number of benzene rings is 4. The molecule has 0 saturated carbocycles. The molecular formula is C32H25ClO9. The molecule has 1 aromatic heterocycles. The Morgan fingerprint density at radius 1 is 0.667 bits per heavy atom. The van der Waals surface area contributed by atoms with Gasteiger partial charge in [0.15, 0.2) is 17.2 Å². The van der Waals surface area contributed by atoms with Crippen molar-refractivity contribution in [3.63, 3.8) is 0 Å². The highest BCUT2D eigenvalue weighted by Gasteiger charge is 2.29. The van der Waals surface area contributed by atoms with Crippen LogP contribution in [0, 0.1) is 0 Å². The van der Waals surface area contributed by atoms with E-state index in [9.17, 15) is 14.7 Å². The fraction of sp³-hybridized carbons (Fsp3) is 0.0938. The van der Waals surface area contributed by atoms with Crippen molar-refractivity contribution in [2.24, 2.45) is 0 Å². The molecule has 0 fully saturated rings. The number of rotatable bonds is 8. The number of carbonyl (C=O) groups is 2. The predicted octanol–water partition coefficient (Wildman–Crippen LogP) is 3.55. The molecule has 1 heterocycles. The first-order valence-corrected chi connectivity index (χ1v) is 12.4. The molecule has 0 aliphatic carbocycles. The Kier molecular flexibility index (Phi) is 9.14. The number of ether oxygens (including phenoxy) is 5. The highest BCUT2D eigenvalue weighted by Crippen LogP contribution is 2.45. The summed E-state index contributed by atoms with van der Waals surface area (Å²) in [5.41, 5.74) is 1.34. The van der Waals surface area contributed by atoms with Crippen LogP contribution >= 0.6 is 0 Å². The lowest BCUT2D eigenvalue weighted by molar-refractivity contribution is -0.0000348. The summed E-state index contributed by atoms with van der Waals surface area (Å²) in [7, 11) is 4.29. The first-order chi connectivity index (χ1) is 19.9. The highest BCUT2D eigenvalue weighted by atomic mass is 35.5. The van der Waals surface area contributed by atoms with Gasteiger partial charge in [0.25, 0.3) is 0 Å². The summed E-state index contributed by atoms with van der Waals surface area (Å²) < 4.78 is 33.7. The number of halogens is 1. The molecule has 0 aliphatic heterocycles. The molecule has 0 radical (unpaired) electrons. The molecule has 0 unspecified atom stereocenters. The SMILES string of the molecule is COc1cc(OC(=O)c2ccccc2)c2cc(O)c(-c3cc(OC)c(OC(=O)c4ccccc4)c(OC)c3)[o+]c2c1.[Cl-]. The Balaban J connectivity index is 0.00000405. The molecule has 4 aromatic carbocycles. The lowest BCUT2D eigenvalue weighted by Crippen LogP contribution is -3.00. The summed E-state index contributed by atoms with van der Waals surface area (Å²) in [6.07, 6.45) is 0. The van der Waals surface area contributed by atoms with Crippen molar-refractivity contribution in [2.75, 3.05) is 21.3 Å². The lowest BCUT2D eigenvalue weighted by atomic mass is 10.1. The zero-order chi connectivity index (χ0) is 28.9. The second kappa shape index (κ2) is 12.9. The molecule has 0 amide bonds. The van der Waals surface area contributed by atoms with Crippen molar-refractivity contribution in [2.45, 2.75) is 0 Å². The van der Waals surface area contributed by atoms with Crippen molar-refractivity contribution in [3.8, 4) is 45.8 Å². The van der Waals surface area contributed by atoms with E-state index in [0.717, 1.165) is 0 Å². The summed E-state index contributed by atoms with van der Waals surface area (Å²) in [5.74, 6) is -0.477. The van der Waals surface area contributed by atoms with Gasteiger partial charge in [0.05, 0.1) is 44.1 Å². The molecule has 5 aromatic rings. The largest absolute Gasteiger partial charge is 1.00 e. The van der Waals surface area contributed by atoms with E-state index in [1.165, 1.54) is 45.6 Å². The normalized spacial score (nSPS) is 10.4. The van der Waals surface area contributed by atoms with E-state index in [0.29, 0.717) is 27.8 Å². The third-order valence-corrected chi connectivity index (χ3v) is 6.18. The van der Waals surface area contributed by atoms with Gasteiger partial charge in [-0.1, -0.05) is 36.4 Å². The van der Waals surface area contributed by atoms with E-state index in [4.69, 9.17) is 28.1 Å². The quantitative estimate of drug-likeness (QED) is 0.165. The van der Waals surface area contributed by atoms with Gasteiger partial charge in [-0.25, -0.2) is 14.0 Å². The number of hydrogen-bond acceptors (Lipinski definition) is 8. The van der Waals surface area contributed by atoms with Crippen LogP contribution in [0.2, 0.25) is 0 Å². The summed E-state index contributed by atoms with van der Waals surface area (Å²) in [6.45, 7) is 0. The third-order valence-electron chi connectivity index (χ3n) is 6.18. The Morgan fingerprint density at radius 2 is 1.21 bits per heavy atom. The van der Waals surface area contributed by atoms with Crippen LogP contribution in [0.5, 0.6) is 34.5 Å². The maximum Gasteiger partial charge on any atom is 0.402 e. The molecular weight excluding hydrogens is 564 g/mol. The second-order valence-corrected chi connectivity index (χ2v) is 8.72. The Bertz CT molecular complexity index is 1710. The van der Waals surface area contributed by atoms with Gasteiger partial charge in [0.1, 0.15) is 11.1 Å². The third kappa shape index (κ3) is 6.06. The molecule has 0 saturated heterocycles. The van der Waals surface area contributed by atoms with Gasteiger partial charge in [-0.3, -0.25) is 0 Å². The minimum Gasteiger partial charge on any atom is -1.00 e. The van der Waals surface area contributed by atoms with Gasteiger partial charge in [0, 0.05) is 24.3 Å². The fourth-order valence-electron chi connectivity index (χ4n) is 4.15. The van der Waals surface area contributed by atoms with Gasteiger partial charge in [0.2, 0.25) is 11.5 Å². The minimum atomic E-state index is -0.599. The summed E-state index contributed by atoms with van der Waals surface area (Å²) in [6, 6.07) is 24.6. The molecule has 5 rings (SSSR count). The Hall–Kier alpha value is -5.28. The topological polar surface area (TPSA) is 112 Å². The van der Waals surface area contributed by atoms with Crippen molar-refractivity contribution >= 4 is 22.9 Å². The zero-order valence-corrected chi connectivity index (χ0v) is 23.5. The van der Waals surface area contributed by atoms with E-state index in [2.05, 4.69) is 0 Å². The maximum atomic E-state index is 12.8. The van der Waals surface area contributed by atoms with E-state index < -0.39 is 11.9 Å². The van der Waals surface area contributed by atoms with Crippen LogP contribution in [-0.4, -0.2) is 38.4 Å². The number of aromatic hydroxyl groups is 1. The molecule has 9 nitrogen and oxygen atoms in total. The number of fused-ring (bicyclic) bond motifs is 1. The van der Waals surface area contributed by atoms with E-state index >= 15 is 0 Å². The van der Waals surface area contributed by atoms with Crippen molar-refractivity contribution < 1.29 is 55.2 Å². The summed E-state index contributed by atoms with van der Waals surface area (Å²) in [5, 5.41) is 11.4. The van der Waals surface area contributed by atoms with Crippen LogP contribution in [-0.2, 0) is 0 Å². The van der Waals surface area contributed by atoms with E-state index in [-0.39, 0.29) is 52.5 Å². The van der Waals surface area contributed by atoms with Crippen LogP contribution in [0.1, 0.15) is 20.7 Å². The summed E-state index contributed by atoms with van der Waals surface area (Å²) >= 11 is 0. The average Bonchev–Trinajstić information content (AvgIpc) is 3.01. The highest BCUT2D eigenvalue weighted by molar-refractivity contribution is 5.96. The van der Waals surface area contributed by atoms with Gasteiger partial charge in [-0.15, -0.1) is 0 Å². The molecule has 42 heavy (non-hydrogen) atoms. The van der Waals surface area contributed by atoms with Crippen molar-refractivity contribution in [1.82, 2.24) is 0 Å². The monoisotopic (exact) mass is 588 g/mol. The standard InChI is InChI=1S/C32H24O9.ClH/c1-36-22-16-25-23(26(17-22)40-31(34)19-10-6-4-7-11-19)18-24(33)29(39-25)21-14-27(37-2)30(28(15-21)38-3)41-32(35)20-12-8-5-9-13-20;/h4-18H,1-3H3;1H. The number of hydrogen-bond donors (Lipinski definition) is 1. The number of methoxy groups -OCH3 is 3. The van der Waals surface area contributed by atoms with E-state index in [1.54, 1.807) is 66.7 Å². The fourth-order valence-corrected chi connectivity index (χ4v) is 4.15. The zero-order valence-electron chi connectivity index (χ0n) is 22.8. The van der Waals surface area contributed by atoms with Crippen LogP contribution in [0.25, 0.3) is 22.3 Å². The van der Waals surface area contributed by atoms with Gasteiger partial charge >= 0.3 is 23.3 Å². The molecule has 10 heteroatoms. The smallest absolute Gasteiger partial charge is 0.402 e. The predicted molar refractivity (Wildman–Crippen MR) is 150 cm³/mol. The first-order valence-electron chi connectivity index (χ1n) is 12.4. The molecule has 214 valence electrons. The molecule has 0 bridgehead atoms. The Morgan fingerprint density at radius 3 is 1.74 bits per heavy atom. The molecule has 1 N–H and O–H groups in total.